The van der Waals surface area contributed by atoms with Crippen LogP contribution in [0.4, 0.5) is 11.4 Å². The van der Waals surface area contributed by atoms with Crippen LogP contribution >= 0.6 is 0 Å². The molecule has 0 amide bonds. The number of nitriles is 2. The lowest BCUT2D eigenvalue weighted by molar-refractivity contribution is 0.103. The number of ketones is 1. The minimum atomic E-state index is -3.46. The van der Waals surface area contributed by atoms with E-state index >= 15 is 0 Å². The van der Waals surface area contributed by atoms with E-state index in [2.05, 4.69) is 9.44 Å². The largest absolute Gasteiger partial charge is 0.506 e. The van der Waals surface area contributed by atoms with Crippen LogP contribution in [0.25, 0.3) is 5.76 Å². The summed E-state index contributed by atoms with van der Waals surface area (Å²) in [6.07, 6.45) is 8.89. The van der Waals surface area contributed by atoms with Crippen LogP contribution in [0.15, 0.2) is 90.1 Å². The van der Waals surface area contributed by atoms with Gasteiger partial charge in [-0.2, -0.15) is 10.5 Å². The number of nitrogens with one attached hydrogen (secondary N) is 2. The van der Waals surface area contributed by atoms with Gasteiger partial charge in [0.25, 0.3) is 0 Å². The number of carbonyl (C=O) groups excluding carboxylic acids is 1. The van der Waals surface area contributed by atoms with Gasteiger partial charge in [-0.3, -0.25) is 14.2 Å². The summed E-state index contributed by atoms with van der Waals surface area (Å²) in [5.74, 6) is -0.888. The summed E-state index contributed by atoms with van der Waals surface area (Å²) < 4.78 is 49.7. The summed E-state index contributed by atoms with van der Waals surface area (Å²) in [6.45, 7) is 0. The number of sulfonamides is 2. The number of aliphatic hydroxyl groups excluding tert-OH is 1. The Labute approximate surface area is 215 Å². The first-order chi connectivity index (χ1) is 17.3. The molecule has 0 spiro atoms. The summed E-state index contributed by atoms with van der Waals surface area (Å²) in [5, 5.41) is 29.1. The summed E-state index contributed by atoms with van der Waals surface area (Å²) in [4.78, 5) is 12.5. The summed E-state index contributed by atoms with van der Waals surface area (Å²) in [6, 6.07) is 15.0. The van der Waals surface area contributed by atoms with Gasteiger partial charge in [0.2, 0.25) is 25.8 Å². The van der Waals surface area contributed by atoms with E-state index in [9.17, 15) is 37.3 Å². The first-order valence-corrected chi connectivity index (χ1v) is 14.1. The standard InChI is InChI=1S/C25H22N4O6S2/c1-36(32,33)28-22-12-8-18(9-13-22)24(30)20(16-26)6-4-3-5-7-21(17-27)25(31)19-10-14-23(15-11-19)29-37(2,34)35/h3-15,28-30H,1-2H3/b5-3+,6-4+,21-7+,24-20+. The Morgan fingerprint density at radius 3 is 1.70 bits per heavy atom. The van der Waals surface area contributed by atoms with Crippen molar-refractivity contribution >= 4 is 43.0 Å². The highest BCUT2D eigenvalue weighted by Crippen LogP contribution is 2.20. The van der Waals surface area contributed by atoms with Gasteiger partial charge in [0.05, 0.1) is 23.7 Å². The van der Waals surface area contributed by atoms with Crippen LogP contribution in [0.5, 0.6) is 0 Å². The molecule has 0 unspecified atom stereocenters. The van der Waals surface area contributed by atoms with Crippen molar-refractivity contribution in [3.05, 3.63) is 101 Å². The number of carbonyl (C=O) groups is 1. The van der Waals surface area contributed by atoms with E-state index in [0.29, 0.717) is 11.3 Å². The number of rotatable bonds is 10. The molecule has 12 heteroatoms. The maximum absolute atomic E-state index is 12.5. The van der Waals surface area contributed by atoms with E-state index in [1.807, 2.05) is 6.07 Å². The molecule has 2 aromatic carbocycles. The zero-order valence-electron chi connectivity index (χ0n) is 19.7. The molecule has 0 radical (unpaired) electrons. The van der Waals surface area contributed by atoms with Crippen LogP contribution in [0.1, 0.15) is 15.9 Å². The highest BCUT2D eigenvalue weighted by atomic mass is 32.2. The third-order valence-corrected chi connectivity index (χ3v) is 5.61. The number of hydrogen-bond donors (Lipinski definition) is 3. The third-order valence-electron chi connectivity index (χ3n) is 4.40. The molecule has 2 aromatic rings. The molecule has 0 aliphatic heterocycles. The van der Waals surface area contributed by atoms with Crippen molar-refractivity contribution in [2.24, 2.45) is 0 Å². The average Bonchev–Trinajstić information content (AvgIpc) is 2.82. The Hall–Kier alpha value is -4.65. The van der Waals surface area contributed by atoms with Crippen molar-refractivity contribution in [2.45, 2.75) is 0 Å². The van der Waals surface area contributed by atoms with E-state index < -0.39 is 25.8 Å². The summed E-state index contributed by atoms with van der Waals surface area (Å²) >= 11 is 0. The van der Waals surface area contributed by atoms with E-state index in [1.165, 1.54) is 78.9 Å². The molecule has 0 aromatic heterocycles. The van der Waals surface area contributed by atoms with Crippen LogP contribution in [0.3, 0.4) is 0 Å². The van der Waals surface area contributed by atoms with Crippen LogP contribution in [0, 0.1) is 22.7 Å². The molecule has 0 heterocycles. The van der Waals surface area contributed by atoms with E-state index in [1.54, 1.807) is 6.07 Å². The predicted octanol–water partition coefficient (Wildman–Crippen LogP) is 3.67. The van der Waals surface area contributed by atoms with Gasteiger partial charge in [0, 0.05) is 22.5 Å². The fourth-order valence-electron chi connectivity index (χ4n) is 2.83. The predicted molar refractivity (Wildman–Crippen MR) is 141 cm³/mol. The highest BCUT2D eigenvalue weighted by molar-refractivity contribution is 7.92. The van der Waals surface area contributed by atoms with Crippen molar-refractivity contribution in [1.82, 2.24) is 0 Å². The topological polar surface area (TPSA) is 177 Å². The van der Waals surface area contributed by atoms with Crippen LogP contribution < -0.4 is 9.44 Å². The molecule has 10 nitrogen and oxygen atoms in total. The molecule has 0 fully saturated rings. The monoisotopic (exact) mass is 538 g/mol. The Morgan fingerprint density at radius 2 is 1.27 bits per heavy atom. The second-order valence-corrected chi connectivity index (χ2v) is 11.0. The number of benzene rings is 2. The smallest absolute Gasteiger partial charge is 0.229 e. The minimum absolute atomic E-state index is 0.0724. The fraction of sp³-hybridized carbons (Fsp3) is 0.0800. The zero-order valence-corrected chi connectivity index (χ0v) is 21.3. The van der Waals surface area contributed by atoms with E-state index in [0.717, 1.165) is 12.5 Å². The van der Waals surface area contributed by atoms with Crippen molar-refractivity contribution in [2.75, 3.05) is 22.0 Å². The number of nitrogens with zero attached hydrogens (tertiary/aromatic N) is 2. The lowest BCUT2D eigenvalue weighted by atomic mass is 10.0. The maximum Gasteiger partial charge on any atom is 0.229 e. The van der Waals surface area contributed by atoms with Gasteiger partial charge in [-0.25, -0.2) is 16.8 Å². The number of allylic oxidation sites excluding steroid dienone is 7. The number of Topliss-reactive ketones (excluding diaryl/α,β-unsaturated/α-hetero) is 1. The van der Waals surface area contributed by atoms with E-state index in [-0.39, 0.29) is 28.2 Å². The van der Waals surface area contributed by atoms with Crippen LogP contribution in [-0.2, 0) is 20.0 Å². The van der Waals surface area contributed by atoms with Gasteiger partial charge in [0.1, 0.15) is 17.9 Å². The van der Waals surface area contributed by atoms with Gasteiger partial charge in [0.15, 0.2) is 0 Å². The SMILES string of the molecule is CS(=O)(=O)Nc1ccc(C(=O)/C(C#N)=C/C=C/C=C/C(C#N)=C(\O)c2ccc(NS(C)(=O)=O)cc2)cc1. The van der Waals surface area contributed by atoms with Crippen LogP contribution in [-0.4, -0.2) is 40.2 Å². The van der Waals surface area contributed by atoms with Gasteiger partial charge < -0.3 is 5.11 Å². The highest BCUT2D eigenvalue weighted by Gasteiger charge is 2.12. The van der Waals surface area contributed by atoms with Gasteiger partial charge in [-0.05, 0) is 60.7 Å². The molecular formula is C25H22N4O6S2. The van der Waals surface area contributed by atoms with Crippen LogP contribution in [0.2, 0.25) is 0 Å². The zero-order chi connectivity index (χ0) is 27.6. The lowest BCUT2D eigenvalue weighted by Gasteiger charge is -2.05. The molecule has 190 valence electrons. The number of aliphatic hydroxyl groups is 1. The Bertz CT molecular complexity index is 1590. The third kappa shape index (κ3) is 9.49. The summed E-state index contributed by atoms with van der Waals surface area (Å²) in [5.41, 5.74) is 0.810. The molecule has 0 atom stereocenters. The van der Waals surface area contributed by atoms with Crippen molar-refractivity contribution in [3.63, 3.8) is 0 Å². The Morgan fingerprint density at radius 1 is 0.784 bits per heavy atom. The van der Waals surface area contributed by atoms with Crippen molar-refractivity contribution < 1.29 is 26.7 Å². The molecule has 0 aliphatic carbocycles. The molecule has 0 bridgehead atoms. The molecular weight excluding hydrogens is 516 g/mol. The fourth-order valence-corrected chi connectivity index (χ4v) is 3.95. The van der Waals surface area contributed by atoms with Gasteiger partial charge in [-0.15, -0.1) is 0 Å². The van der Waals surface area contributed by atoms with E-state index in [4.69, 9.17) is 0 Å². The van der Waals surface area contributed by atoms with Crippen molar-refractivity contribution in [1.29, 1.82) is 10.5 Å². The molecule has 0 saturated carbocycles. The molecule has 0 aliphatic rings. The van der Waals surface area contributed by atoms with Gasteiger partial charge in [-0.1, -0.05) is 18.2 Å². The minimum Gasteiger partial charge on any atom is -0.506 e. The molecule has 3 N–H and O–H groups in total. The number of anilines is 2. The van der Waals surface area contributed by atoms with Crippen molar-refractivity contribution in [3.8, 4) is 12.1 Å². The Balaban J connectivity index is 2.13. The summed E-state index contributed by atoms with van der Waals surface area (Å²) in [7, 11) is -6.91. The molecule has 2 rings (SSSR count). The normalized spacial score (nSPS) is 13.0. The van der Waals surface area contributed by atoms with Gasteiger partial charge >= 0.3 is 0 Å². The maximum atomic E-state index is 12.5. The average molecular weight is 539 g/mol. The molecule has 0 saturated heterocycles. The first kappa shape index (κ1) is 28.6. The Kier molecular flexibility index (Phi) is 9.54. The lowest BCUT2D eigenvalue weighted by Crippen LogP contribution is -2.09. The molecule has 37 heavy (non-hydrogen) atoms. The number of hydrogen-bond acceptors (Lipinski definition) is 8. The second kappa shape index (κ2) is 12.4. The quantitative estimate of drug-likeness (QED) is 0.135. The second-order valence-electron chi connectivity index (χ2n) is 7.54. The first-order valence-electron chi connectivity index (χ1n) is 10.3.